The first kappa shape index (κ1) is 16.4. The molecule has 2 aromatic heterocycles. The number of carbonyl (C=O) groups excluding carboxylic acids is 1. The third-order valence-electron chi connectivity index (χ3n) is 3.35. The van der Waals surface area contributed by atoms with Crippen LogP contribution >= 0.6 is 27.3 Å². The van der Waals surface area contributed by atoms with E-state index in [1.807, 2.05) is 35.7 Å². The maximum atomic E-state index is 12.4. The number of ketones is 1. The van der Waals surface area contributed by atoms with Crippen LogP contribution in [0.2, 0.25) is 0 Å². The van der Waals surface area contributed by atoms with Gasteiger partial charge in [-0.25, -0.2) is 4.98 Å². The fraction of sp³-hybridized carbons (Fsp3) is 0.0556. The first-order valence-electron chi connectivity index (χ1n) is 7.00. The molecule has 0 fully saturated rings. The third-order valence-corrected chi connectivity index (χ3v) is 4.76. The number of nitrogens with zero attached hydrogens (tertiary/aromatic N) is 2. The van der Waals surface area contributed by atoms with E-state index in [-0.39, 0.29) is 11.4 Å². The SMILES string of the molecule is Cc1occc1C(=O)/C(C#N)=C/c1csc(-c2cccc(Br)c2)n1. The second kappa shape index (κ2) is 6.95. The van der Waals surface area contributed by atoms with Crippen molar-refractivity contribution in [1.82, 2.24) is 4.98 Å². The number of furan rings is 1. The van der Waals surface area contributed by atoms with Crippen molar-refractivity contribution in [2.24, 2.45) is 0 Å². The van der Waals surface area contributed by atoms with E-state index in [1.165, 1.54) is 23.7 Å². The molecule has 3 aromatic rings. The van der Waals surface area contributed by atoms with Crippen molar-refractivity contribution in [2.45, 2.75) is 6.92 Å². The van der Waals surface area contributed by atoms with Gasteiger partial charge >= 0.3 is 0 Å². The summed E-state index contributed by atoms with van der Waals surface area (Å²) in [5.74, 6) is 0.134. The van der Waals surface area contributed by atoms with Crippen LogP contribution in [0, 0.1) is 18.3 Å². The van der Waals surface area contributed by atoms with E-state index in [4.69, 9.17) is 4.42 Å². The summed E-state index contributed by atoms with van der Waals surface area (Å²) in [6.07, 6.45) is 2.94. The zero-order valence-electron chi connectivity index (χ0n) is 12.6. The van der Waals surface area contributed by atoms with Crippen LogP contribution in [-0.2, 0) is 0 Å². The quantitative estimate of drug-likeness (QED) is 0.341. The molecule has 0 N–H and O–H groups in total. The van der Waals surface area contributed by atoms with E-state index in [0.29, 0.717) is 17.0 Å². The highest BCUT2D eigenvalue weighted by Crippen LogP contribution is 2.27. The Labute approximate surface area is 151 Å². The Hall–Kier alpha value is -2.49. The Morgan fingerprint density at radius 2 is 2.25 bits per heavy atom. The van der Waals surface area contributed by atoms with E-state index in [2.05, 4.69) is 20.9 Å². The first-order chi connectivity index (χ1) is 11.6. The second-order valence-electron chi connectivity index (χ2n) is 4.98. The lowest BCUT2D eigenvalue weighted by Crippen LogP contribution is -2.02. The fourth-order valence-corrected chi connectivity index (χ4v) is 3.34. The lowest BCUT2D eigenvalue weighted by Gasteiger charge is -1.97. The zero-order chi connectivity index (χ0) is 17.1. The number of hydrogen-bond donors (Lipinski definition) is 0. The van der Waals surface area contributed by atoms with Crippen molar-refractivity contribution in [1.29, 1.82) is 5.26 Å². The minimum Gasteiger partial charge on any atom is -0.469 e. The van der Waals surface area contributed by atoms with Gasteiger partial charge in [0.25, 0.3) is 0 Å². The van der Waals surface area contributed by atoms with E-state index in [1.54, 1.807) is 13.0 Å². The van der Waals surface area contributed by atoms with Gasteiger partial charge in [-0.2, -0.15) is 5.26 Å². The van der Waals surface area contributed by atoms with Crippen LogP contribution in [0.15, 0.2) is 56.4 Å². The topological polar surface area (TPSA) is 66.9 Å². The number of halogens is 1. The summed E-state index contributed by atoms with van der Waals surface area (Å²) in [7, 11) is 0. The van der Waals surface area contributed by atoms with Gasteiger partial charge in [-0.1, -0.05) is 28.1 Å². The minimum atomic E-state index is -0.360. The lowest BCUT2D eigenvalue weighted by molar-refractivity contribution is 0.103. The summed E-state index contributed by atoms with van der Waals surface area (Å²) in [6, 6.07) is 11.3. The van der Waals surface area contributed by atoms with Crippen molar-refractivity contribution >= 4 is 39.1 Å². The summed E-state index contributed by atoms with van der Waals surface area (Å²) in [4.78, 5) is 16.9. The van der Waals surface area contributed by atoms with Gasteiger partial charge in [0.2, 0.25) is 5.78 Å². The van der Waals surface area contributed by atoms with E-state index in [9.17, 15) is 10.1 Å². The van der Waals surface area contributed by atoms with Gasteiger partial charge in [-0.05, 0) is 31.2 Å². The van der Waals surface area contributed by atoms with Crippen molar-refractivity contribution < 1.29 is 9.21 Å². The van der Waals surface area contributed by atoms with Crippen molar-refractivity contribution in [2.75, 3.05) is 0 Å². The molecule has 0 aliphatic carbocycles. The normalized spacial score (nSPS) is 11.3. The number of aromatic nitrogens is 1. The summed E-state index contributed by atoms with van der Waals surface area (Å²) < 4.78 is 6.10. The molecule has 0 amide bonds. The van der Waals surface area contributed by atoms with Crippen LogP contribution in [0.3, 0.4) is 0 Å². The average molecular weight is 399 g/mol. The number of Topliss-reactive ketones (excluding diaryl/α,β-unsaturated/α-hetero) is 1. The van der Waals surface area contributed by atoms with Gasteiger partial charge in [0, 0.05) is 15.4 Å². The molecule has 118 valence electrons. The van der Waals surface area contributed by atoms with Gasteiger partial charge in [0.05, 0.1) is 17.5 Å². The first-order valence-corrected chi connectivity index (χ1v) is 8.68. The maximum Gasteiger partial charge on any atom is 0.207 e. The Bertz CT molecular complexity index is 979. The molecule has 4 nitrogen and oxygen atoms in total. The molecule has 0 saturated carbocycles. The second-order valence-corrected chi connectivity index (χ2v) is 6.75. The largest absolute Gasteiger partial charge is 0.469 e. The Balaban J connectivity index is 1.92. The number of aryl methyl sites for hydroxylation is 1. The molecule has 0 aliphatic heterocycles. The number of allylic oxidation sites excluding steroid dienone is 1. The Kier molecular flexibility index (Phi) is 4.74. The minimum absolute atomic E-state index is 0.0330. The Morgan fingerprint density at radius 3 is 2.92 bits per heavy atom. The predicted octanol–water partition coefficient (Wildman–Crippen LogP) is 5.26. The summed E-state index contributed by atoms with van der Waals surface area (Å²) >= 11 is 4.89. The molecule has 3 rings (SSSR count). The highest BCUT2D eigenvalue weighted by atomic mass is 79.9. The highest BCUT2D eigenvalue weighted by molar-refractivity contribution is 9.10. The summed E-state index contributed by atoms with van der Waals surface area (Å²) in [5, 5.41) is 12.0. The van der Waals surface area contributed by atoms with Crippen molar-refractivity contribution in [3.8, 4) is 16.6 Å². The molecule has 0 spiro atoms. The molecule has 0 aliphatic rings. The van der Waals surface area contributed by atoms with Crippen LogP contribution in [0.4, 0.5) is 0 Å². The summed E-state index contributed by atoms with van der Waals surface area (Å²) in [6.45, 7) is 1.69. The molecule has 0 saturated heterocycles. The van der Waals surface area contributed by atoms with Crippen LogP contribution in [0.25, 0.3) is 16.6 Å². The monoisotopic (exact) mass is 398 g/mol. The molecule has 24 heavy (non-hydrogen) atoms. The van der Waals surface area contributed by atoms with Crippen molar-refractivity contribution in [3.63, 3.8) is 0 Å². The molecule has 2 heterocycles. The molecule has 0 bridgehead atoms. The number of rotatable bonds is 4. The smallest absolute Gasteiger partial charge is 0.207 e. The molecule has 6 heteroatoms. The van der Waals surface area contributed by atoms with E-state index in [0.717, 1.165) is 15.0 Å². The predicted molar refractivity (Wildman–Crippen MR) is 96.6 cm³/mol. The number of carbonyl (C=O) groups is 1. The number of benzene rings is 1. The summed E-state index contributed by atoms with van der Waals surface area (Å²) in [5.41, 5.74) is 1.99. The molecule has 0 atom stereocenters. The van der Waals surface area contributed by atoms with Crippen LogP contribution in [0.1, 0.15) is 21.8 Å². The van der Waals surface area contributed by atoms with Crippen LogP contribution in [-0.4, -0.2) is 10.8 Å². The van der Waals surface area contributed by atoms with Gasteiger partial charge < -0.3 is 4.42 Å². The van der Waals surface area contributed by atoms with E-state index < -0.39 is 0 Å². The van der Waals surface area contributed by atoms with E-state index >= 15 is 0 Å². The van der Waals surface area contributed by atoms with Crippen LogP contribution < -0.4 is 0 Å². The van der Waals surface area contributed by atoms with Gasteiger partial charge in [-0.3, -0.25) is 4.79 Å². The Morgan fingerprint density at radius 1 is 1.42 bits per heavy atom. The lowest BCUT2D eigenvalue weighted by atomic mass is 10.0. The number of thiazole rings is 1. The average Bonchev–Trinajstić information content (AvgIpc) is 3.21. The molecule has 1 aromatic carbocycles. The third kappa shape index (κ3) is 3.37. The fourth-order valence-electron chi connectivity index (χ4n) is 2.17. The standard InChI is InChI=1S/C18H11BrN2O2S/c1-11-16(5-6-23-11)17(22)13(9-20)8-15-10-24-18(21-15)12-3-2-4-14(19)7-12/h2-8,10H,1H3/b13-8+. The molecule has 0 unspecified atom stereocenters. The maximum absolute atomic E-state index is 12.4. The molecular weight excluding hydrogens is 388 g/mol. The van der Waals surface area contributed by atoms with Gasteiger partial charge in [0.15, 0.2) is 0 Å². The van der Waals surface area contributed by atoms with Gasteiger partial charge in [-0.15, -0.1) is 11.3 Å². The zero-order valence-corrected chi connectivity index (χ0v) is 15.0. The molecular formula is C18H11BrN2O2S. The van der Waals surface area contributed by atoms with Crippen molar-refractivity contribution in [3.05, 3.63) is 69.0 Å². The highest BCUT2D eigenvalue weighted by Gasteiger charge is 2.17. The molecule has 0 radical (unpaired) electrons. The van der Waals surface area contributed by atoms with Gasteiger partial charge in [0.1, 0.15) is 22.4 Å². The number of nitriles is 1. The van der Waals surface area contributed by atoms with Crippen LogP contribution in [0.5, 0.6) is 0 Å². The number of hydrogen-bond acceptors (Lipinski definition) is 5.